The topological polar surface area (TPSA) is 21.3 Å². The van der Waals surface area contributed by atoms with Crippen molar-refractivity contribution in [2.75, 3.05) is 19.7 Å². The first kappa shape index (κ1) is 12.3. The summed E-state index contributed by atoms with van der Waals surface area (Å²) in [7, 11) is 0. The van der Waals surface area contributed by atoms with Gasteiger partial charge in [-0.05, 0) is 54.5 Å². The van der Waals surface area contributed by atoms with Crippen molar-refractivity contribution in [2.45, 2.75) is 32.6 Å². The smallest absolute Gasteiger partial charge is 0.125 e. The average Bonchev–Trinajstić information content (AvgIpc) is 2.93. The summed E-state index contributed by atoms with van der Waals surface area (Å²) in [6.07, 6.45) is 4.74. The van der Waals surface area contributed by atoms with E-state index in [0.29, 0.717) is 5.41 Å². The Morgan fingerprint density at radius 3 is 2.94 bits per heavy atom. The van der Waals surface area contributed by atoms with Gasteiger partial charge in [-0.3, -0.25) is 0 Å². The van der Waals surface area contributed by atoms with E-state index in [4.69, 9.17) is 16.3 Å². The second-order valence-electron chi connectivity index (χ2n) is 5.61. The number of hydrogen-bond acceptors (Lipinski definition) is 2. The fourth-order valence-corrected chi connectivity index (χ4v) is 3.13. The molecule has 18 heavy (non-hydrogen) atoms. The van der Waals surface area contributed by atoms with E-state index in [1.807, 2.05) is 0 Å². The van der Waals surface area contributed by atoms with Crippen LogP contribution in [0.2, 0.25) is 5.02 Å². The molecule has 3 heteroatoms. The Hall–Kier alpha value is -0.730. The van der Waals surface area contributed by atoms with Crippen LogP contribution in [0.3, 0.4) is 0 Å². The number of halogens is 1. The third kappa shape index (κ3) is 2.36. The van der Waals surface area contributed by atoms with Gasteiger partial charge in [-0.25, -0.2) is 0 Å². The lowest BCUT2D eigenvalue weighted by Gasteiger charge is -2.17. The van der Waals surface area contributed by atoms with Crippen molar-refractivity contribution in [3.63, 3.8) is 0 Å². The van der Waals surface area contributed by atoms with Gasteiger partial charge in [0.2, 0.25) is 0 Å². The Bertz CT molecular complexity index is 454. The third-order valence-electron chi connectivity index (χ3n) is 4.10. The summed E-state index contributed by atoms with van der Waals surface area (Å²) in [5.41, 5.74) is 3.06. The molecular weight excluding hydrogens is 246 g/mol. The molecule has 0 bridgehead atoms. The van der Waals surface area contributed by atoms with Gasteiger partial charge >= 0.3 is 0 Å². The van der Waals surface area contributed by atoms with Crippen LogP contribution < -0.4 is 10.1 Å². The van der Waals surface area contributed by atoms with E-state index in [1.54, 1.807) is 0 Å². The van der Waals surface area contributed by atoms with Gasteiger partial charge in [-0.2, -0.15) is 0 Å². The van der Waals surface area contributed by atoms with Crippen LogP contribution in [0.25, 0.3) is 0 Å². The third-order valence-corrected chi connectivity index (χ3v) is 4.32. The van der Waals surface area contributed by atoms with Crippen molar-refractivity contribution in [1.82, 2.24) is 5.32 Å². The summed E-state index contributed by atoms with van der Waals surface area (Å²) < 4.78 is 5.78. The summed E-state index contributed by atoms with van der Waals surface area (Å²) in [5, 5.41) is 4.33. The molecule has 98 valence electrons. The minimum atomic E-state index is 0.459. The monoisotopic (exact) mass is 265 g/mol. The highest BCUT2D eigenvalue weighted by Gasteiger charge is 2.42. The van der Waals surface area contributed by atoms with Gasteiger partial charge in [0.15, 0.2) is 0 Å². The van der Waals surface area contributed by atoms with E-state index in [1.165, 1.54) is 24.0 Å². The van der Waals surface area contributed by atoms with E-state index in [0.717, 1.165) is 43.3 Å². The molecule has 0 radical (unpaired) electrons. The van der Waals surface area contributed by atoms with Gasteiger partial charge in [0.05, 0.1) is 6.61 Å². The van der Waals surface area contributed by atoms with Gasteiger partial charge < -0.3 is 10.1 Å². The number of nitrogens with one attached hydrogen (secondary N) is 1. The summed E-state index contributed by atoms with van der Waals surface area (Å²) in [5.74, 6) is 1.11. The van der Waals surface area contributed by atoms with Crippen LogP contribution in [0, 0.1) is 5.41 Å². The van der Waals surface area contributed by atoms with Crippen molar-refractivity contribution in [3.8, 4) is 5.75 Å². The van der Waals surface area contributed by atoms with Gasteiger partial charge in [-0.1, -0.05) is 18.5 Å². The second kappa shape index (κ2) is 4.75. The highest BCUT2D eigenvalue weighted by atomic mass is 35.5. The van der Waals surface area contributed by atoms with Gasteiger partial charge in [-0.15, -0.1) is 0 Å². The number of hydrogen-bond donors (Lipinski definition) is 1. The predicted molar refractivity (Wildman–Crippen MR) is 74.6 cm³/mol. The highest BCUT2D eigenvalue weighted by molar-refractivity contribution is 6.30. The van der Waals surface area contributed by atoms with Gasteiger partial charge in [0, 0.05) is 18.0 Å². The normalized spacial score (nSPS) is 19.4. The van der Waals surface area contributed by atoms with E-state index >= 15 is 0 Å². The molecule has 1 saturated carbocycles. The molecule has 1 fully saturated rings. The number of rotatable bonds is 5. The van der Waals surface area contributed by atoms with E-state index in [2.05, 4.69) is 24.4 Å². The van der Waals surface area contributed by atoms with E-state index < -0.39 is 0 Å². The minimum absolute atomic E-state index is 0.459. The molecule has 1 aromatic carbocycles. The zero-order valence-corrected chi connectivity index (χ0v) is 11.6. The first-order valence-corrected chi connectivity index (χ1v) is 7.25. The fraction of sp³-hybridized carbons (Fsp3) is 0.600. The number of benzene rings is 1. The molecule has 0 amide bonds. The maximum absolute atomic E-state index is 6.21. The molecule has 0 atom stereocenters. The molecule has 1 aliphatic heterocycles. The van der Waals surface area contributed by atoms with Crippen molar-refractivity contribution in [1.29, 1.82) is 0 Å². The summed E-state index contributed by atoms with van der Waals surface area (Å²) in [6.45, 7) is 5.13. The van der Waals surface area contributed by atoms with E-state index in [9.17, 15) is 0 Å². The number of fused-ring (bicyclic) bond motifs is 1. The lowest BCUT2D eigenvalue weighted by molar-refractivity contribution is 0.349. The van der Waals surface area contributed by atoms with Crippen molar-refractivity contribution in [2.24, 2.45) is 5.41 Å². The summed E-state index contributed by atoms with van der Waals surface area (Å²) in [6, 6.07) is 4.15. The Labute approximate surface area is 114 Å². The highest BCUT2D eigenvalue weighted by Crippen LogP contribution is 2.50. The van der Waals surface area contributed by atoms with Crippen LogP contribution in [-0.4, -0.2) is 19.7 Å². The first-order chi connectivity index (χ1) is 8.72. The molecule has 0 aromatic heterocycles. The lowest BCUT2D eigenvalue weighted by Crippen LogP contribution is -2.25. The molecule has 3 rings (SSSR count). The maximum Gasteiger partial charge on any atom is 0.125 e. The van der Waals surface area contributed by atoms with Crippen molar-refractivity contribution >= 4 is 11.6 Å². The summed E-state index contributed by atoms with van der Waals surface area (Å²) in [4.78, 5) is 0. The van der Waals surface area contributed by atoms with Crippen LogP contribution in [-0.2, 0) is 12.8 Å². The molecule has 1 aromatic rings. The van der Waals surface area contributed by atoms with Crippen LogP contribution in [0.4, 0.5) is 0 Å². The minimum Gasteiger partial charge on any atom is -0.493 e. The lowest BCUT2D eigenvalue weighted by atomic mass is 9.94. The molecule has 1 aliphatic carbocycles. The van der Waals surface area contributed by atoms with E-state index in [-0.39, 0.29) is 0 Å². The molecule has 2 nitrogen and oxygen atoms in total. The quantitative estimate of drug-likeness (QED) is 0.883. The summed E-state index contributed by atoms with van der Waals surface area (Å²) >= 11 is 6.21. The van der Waals surface area contributed by atoms with Gasteiger partial charge in [0.25, 0.3) is 0 Å². The van der Waals surface area contributed by atoms with Crippen LogP contribution in [0.1, 0.15) is 30.9 Å². The molecule has 0 spiro atoms. The van der Waals surface area contributed by atoms with Crippen molar-refractivity contribution in [3.05, 3.63) is 28.3 Å². The Kier molecular flexibility index (Phi) is 3.25. The standard InChI is InChI=1S/C15H20ClNO/c1-2-17-10-15(4-5-15)9-12-8-13(16)7-11-3-6-18-14(11)12/h7-8,17H,2-6,9-10H2,1H3. The maximum atomic E-state index is 6.21. The molecule has 1 N–H and O–H groups in total. The zero-order valence-electron chi connectivity index (χ0n) is 10.9. The first-order valence-electron chi connectivity index (χ1n) is 6.87. The van der Waals surface area contributed by atoms with Crippen LogP contribution >= 0.6 is 11.6 Å². The molecule has 1 heterocycles. The second-order valence-corrected chi connectivity index (χ2v) is 6.05. The Morgan fingerprint density at radius 2 is 2.22 bits per heavy atom. The molecule has 2 aliphatic rings. The Morgan fingerprint density at radius 1 is 1.39 bits per heavy atom. The van der Waals surface area contributed by atoms with Gasteiger partial charge in [0.1, 0.15) is 5.75 Å². The van der Waals surface area contributed by atoms with Crippen LogP contribution in [0.5, 0.6) is 5.75 Å². The largest absolute Gasteiger partial charge is 0.493 e. The number of ether oxygens (including phenoxy) is 1. The van der Waals surface area contributed by atoms with Crippen LogP contribution in [0.15, 0.2) is 12.1 Å². The molecule has 0 unspecified atom stereocenters. The molecule has 0 saturated heterocycles. The fourth-order valence-electron chi connectivity index (χ4n) is 2.86. The average molecular weight is 266 g/mol. The Balaban J connectivity index is 1.81. The molecular formula is C15H20ClNO. The van der Waals surface area contributed by atoms with Crippen molar-refractivity contribution < 1.29 is 4.74 Å². The zero-order chi connectivity index (χ0) is 12.6. The SMILES string of the molecule is CCNCC1(Cc2cc(Cl)cc3c2OCC3)CC1. The predicted octanol–water partition coefficient (Wildman–Crippen LogP) is 3.21.